The molecule has 2 rings (SSSR count). The minimum Gasteiger partial charge on any atom is -0.310 e. The molecule has 0 bridgehead atoms. The van der Waals surface area contributed by atoms with Gasteiger partial charge in [0.15, 0.2) is 0 Å². The van der Waals surface area contributed by atoms with Crippen molar-refractivity contribution in [2.24, 2.45) is 0 Å². The predicted octanol–water partition coefficient (Wildman–Crippen LogP) is 5.27. The Morgan fingerprint density at radius 3 is 2.62 bits per heavy atom. The fraction of sp³-hybridized carbons (Fsp3) is 0.250. The first kappa shape index (κ1) is 16.4. The highest BCUT2D eigenvalue weighted by Gasteiger charge is 2.15. The Balaban J connectivity index is 2.32. The third-order valence-corrected chi connectivity index (χ3v) is 3.86. The lowest BCUT2D eigenvalue weighted by Gasteiger charge is -2.19. The third kappa shape index (κ3) is 4.50. The van der Waals surface area contributed by atoms with Gasteiger partial charge in [-0.15, -0.1) is 0 Å². The van der Waals surface area contributed by atoms with Gasteiger partial charge in [0.05, 0.1) is 0 Å². The van der Waals surface area contributed by atoms with E-state index >= 15 is 0 Å². The molecule has 2 aromatic rings. The number of rotatable bonds is 5. The SMILES string of the molecule is CCNC(Cc1cc(Cl)ccc1F)c1cc(F)cc(Br)c1. The van der Waals surface area contributed by atoms with E-state index in [1.165, 1.54) is 24.3 Å². The van der Waals surface area contributed by atoms with Gasteiger partial charge in [-0.3, -0.25) is 0 Å². The maximum atomic E-state index is 13.9. The molecule has 21 heavy (non-hydrogen) atoms. The van der Waals surface area contributed by atoms with Gasteiger partial charge in [-0.1, -0.05) is 34.5 Å². The zero-order valence-electron chi connectivity index (χ0n) is 11.5. The van der Waals surface area contributed by atoms with Crippen LogP contribution in [0.1, 0.15) is 24.1 Å². The van der Waals surface area contributed by atoms with Gasteiger partial charge < -0.3 is 5.32 Å². The Kier molecular flexibility index (Phi) is 5.73. The molecule has 0 aromatic heterocycles. The summed E-state index contributed by atoms with van der Waals surface area (Å²) >= 11 is 9.20. The van der Waals surface area contributed by atoms with Crippen molar-refractivity contribution >= 4 is 27.5 Å². The van der Waals surface area contributed by atoms with Crippen molar-refractivity contribution in [2.45, 2.75) is 19.4 Å². The van der Waals surface area contributed by atoms with Crippen LogP contribution in [-0.2, 0) is 6.42 Å². The average Bonchev–Trinajstić information content (AvgIpc) is 2.41. The molecule has 1 atom stereocenters. The second kappa shape index (κ2) is 7.34. The van der Waals surface area contributed by atoms with Crippen LogP contribution >= 0.6 is 27.5 Å². The molecular formula is C16H15BrClF2N. The van der Waals surface area contributed by atoms with Crippen LogP contribution in [0.2, 0.25) is 5.02 Å². The van der Waals surface area contributed by atoms with Crippen LogP contribution in [0.25, 0.3) is 0 Å². The smallest absolute Gasteiger partial charge is 0.126 e. The van der Waals surface area contributed by atoms with E-state index in [2.05, 4.69) is 21.2 Å². The number of nitrogens with one attached hydrogen (secondary N) is 1. The fourth-order valence-electron chi connectivity index (χ4n) is 2.25. The van der Waals surface area contributed by atoms with Crippen molar-refractivity contribution in [1.82, 2.24) is 5.32 Å². The van der Waals surface area contributed by atoms with Gasteiger partial charge in [0.1, 0.15) is 11.6 Å². The lowest BCUT2D eigenvalue weighted by Crippen LogP contribution is -2.23. The highest BCUT2D eigenvalue weighted by molar-refractivity contribution is 9.10. The van der Waals surface area contributed by atoms with Crippen molar-refractivity contribution in [3.05, 3.63) is 68.7 Å². The van der Waals surface area contributed by atoms with Crippen molar-refractivity contribution < 1.29 is 8.78 Å². The molecule has 0 saturated heterocycles. The van der Waals surface area contributed by atoms with Crippen molar-refractivity contribution in [3.63, 3.8) is 0 Å². The summed E-state index contributed by atoms with van der Waals surface area (Å²) in [6.07, 6.45) is 0.399. The summed E-state index contributed by atoms with van der Waals surface area (Å²) < 4.78 is 28.1. The lowest BCUT2D eigenvalue weighted by molar-refractivity contribution is 0.523. The molecular weight excluding hydrogens is 360 g/mol. The fourth-order valence-corrected chi connectivity index (χ4v) is 2.93. The molecule has 5 heteroatoms. The molecule has 0 aliphatic heterocycles. The minimum absolute atomic E-state index is 0.185. The van der Waals surface area contributed by atoms with Gasteiger partial charge in [-0.2, -0.15) is 0 Å². The molecule has 1 unspecified atom stereocenters. The van der Waals surface area contributed by atoms with Crippen LogP contribution in [0.15, 0.2) is 40.9 Å². The van der Waals surface area contributed by atoms with E-state index < -0.39 is 0 Å². The molecule has 0 spiro atoms. The monoisotopic (exact) mass is 373 g/mol. The van der Waals surface area contributed by atoms with Crippen LogP contribution in [0.3, 0.4) is 0 Å². The zero-order valence-corrected chi connectivity index (χ0v) is 13.8. The highest BCUT2D eigenvalue weighted by Crippen LogP contribution is 2.25. The summed E-state index contributed by atoms with van der Waals surface area (Å²) in [6.45, 7) is 2.65. The van der Waals surface area contributed by atoms with Crippen LogP contribution in [0.5, 0.6) is 0 Å². The first-order chi connectivity index (χ1) is 9.99. The number of benzene rings is 2. The number of likely N-dealkylation sites (N-methyl/N-ethyl adjacent to an activating group) is 1. The van der Waals surface area contributed by atoms with E-state index in [1.807, 2.05) is 13.0 Å². The molecule has 0 radical (unpaired) electrons. The maximum absolute atomic E-state index is 13.9. The second-order valence-corrected chi connectivity index (χ2v) is 6.11. The van der Waals surface area contributed by atoms with Crippen LogP contribution in [0.4, 0.5) is 8.78 Å². The Morgan fingerprint density at radius 2 is 1.95 bits per heavy atom. The van der Waals surface area contributed by atoms with E-state index in [4.69, 9.17) is 11.6 Å². The number of hydrogen-bond acceptors (Lipinski definition) is 1. The second-order valence-electron chi connectivity index (χ2n) is 4.75. The summed E-state index contributed by atoms with van der Waals surface area (Å²) in [5.41, 5.74) is 1.27. The van der Waals surface area contributed by atoms with Crippen molar-refractivity contribution in [3.8, 4) is 0 Å². The number of halogens is 4. The number of hydrogen-bond donors (Lipinski definition) is 1. The molecule has 0 fully saturated rings. The van der Waals surface area contributed by atoms with E-state index in [0.717, 1.165) is 5.56 Å². The van der Waals surface area contributed by atoms with E-state index in [0.29, 0.717) is 28.0 Å². The molecule has 1 nitrogen and oxygen atoms in total. The Hall–Kier alpha value is -0.970. The van der Waals surface area contributed by atoms with Gasteiger partial charge in [-0.05, 0) is 60.5 Å². The quantitative estimate of drug-likeness (QED) is 0.751. The summed E-state index contributed by atoms with van der Waals surface area (Å²) in [5.74, 6) is -0.633. The molecule has 0 saturated carbocycles. The first-order valence-corrected chi connectivity index (χ1v) is 7.80. The first-order valence-electron chi connectivity index (χ1n) is 6.63. The van der Waals surface area contributed by atoms with E-state index in [9.17, 15) is 8.78 Å². The lowest BCUT2D eigenvalue weighted by atomic mass is 9.98. The molecule has 0 aliphatic carbocycles. The largest absolute Gasteiger partial charge is 0.310 e. The van der Waals surface area contributed by atoms with Crippen molar-refractivity contribution in [1.29, 1.82) is 0 Å². The average molecular weight is 375 g/mol. The van der Waals surface area contributed by atoms with Gasteiger partial charge >= 0.3 is 0 Å². The zero-order chi connectivity index (χ0) is 15.4. The minimum atomic E-state index is -0.325. The van der Waals surface area contributed by atoms with E-state index in [1.54, 1.807) is 6.07 Å². The van der Waals surface area contributed by atoms with Crippen LogP contribution in [0, 0.1) is 11.6 Å². The third-order valence-electron chi connectivity index (χ3n) is 3.17. The molecule has 112 valence electrons. The molecule has 1 N–H and O–H groups in total. The maximum Gasteiger partial charge on any atom is 0.126 e. The topological polar surface area (TPSA) is 12.0 Å². The summed E-state index contributed by atoms with van der Waals surface area (Å²) in [4.78, 5) is 0. The standard InChI is InChI=1S/C16H15BrClF2N/c1-2-21-16(11-5-12(17)9-14(19)7-11)8-10-6-13(18)3-4-15(10)20/h3-7,9,16,21H,2,8H2,1H3. The molecule has 0 heterocycles. The van der Waals surface area contributed by atoms with E-state index in [-0.39, 0.29) is 17.7 Å². The van der Waals surface area contributed by atoms with Crippen molar-refractivity contribution in [2.75, 3.05) is 6.54 Å². The van der Waals surface area contributed by atoms with Crippen LogP contribution in [-0.4, -0.2) is 6.54 Å². The van der Waals surface area contributed by atoms with Gasteiger partial charge in [0.25, 0.3) is 0 Å². The summed E-state index contributed by atoms with van der Waals surface area (Å²) in [6, 6.07) is 8.97. The highest BCUT2D eigenvalue weighted by atomic mass is 79.9. The normalized spacial score (nSPS) is 12.4. The summed E-state index contributed by atoms with van der Waals surface area (Å²) in [5, 5.41) is 3.74. The Labute approximate surface area is 136 Å². The predicted molar refractivity (Wildman–Crippen MR) is 85.6 cm³/mol. The molecule has 0 aliphatic rings. The molecule has 0 amide bonds. The summed E-state index contributed by atoms with van der Waals surface area (Å²) in [7, 11) is 0. The van der Waals surface area contributed by atoms with Crippen LogP contribution < -0.4 is 5.32 Å². The Bertz CT molecular complexity index is 613. The van der Waals surface area contributed by atoms with Gasteiger partial charge in [0, 0.05) is 15.5 Å². The Morgan fingerprint density at radius 1 is 1.19 bits per heavy atom. The van der Waals surface area contributed by atoms with Gasteiger partial charge in [-0.25, -0.2) is 8.78 Å². The van der Waals surface area contributed by atoms with Gasteiger partial charge in [0.2, 0.25) is 0 Å². The molecule has 2 aromatic carbocycles.